The summed E-state index contributed by atoms with van der Waals surface area (Å²) < 4.78 is 0. The van der Waals surface area contributed by atoms with E-state index < -0.39 is 0 Å². The quantitative estimate of drug-likeness (QED) is 0.0626. The first-order valence-electron chi connectivity index (χ1n) is 51.1. The minimum atomic E-state index is 0.119. The van der Waals surface area contributed by atoms with Crippen molar-refractivity contribution in [3.05, 3.63) is 528 Å². The molecule has 6 heteroatoms. The molecule has 0 aliphatic carbocycles. The number of anilines is 9. The fraction of sp³-hybridized carbons (Fsp3) is 0.0791. The van der Waals surface area contributed by atoms with Gasteiger partial charge < -0.3 is 14.7 Å². The Morgan fingerprint density at radius 2 is 0.434 bits per heavy atom. The predicted molar refractivity (Wildman–Crippen MR) is 634 cm³/mol. The van der Waals surface area contributed by atoms with Crippen LogP contribution >= 0.6 is 0 Å². The number of benzene rings is 26. The molecule has 0 heterocycles. The Labute approximate surface area is 851 Å². The Bertz CT molecular complexity index is 9180. The Balaban J connectivity index is 0.000000117. The van der Waals surface area contributed by atoms with Gasteiger partial charge in [-0.3, -0.25) is 0 Å². The fourth-order valence-corrected chi connectivity index (χ4v) is 24.0. The summed E-state index contributed by atoms with van der Waals surface area (Å²) in [5.41, 5.74) is 37.0. The average Bonchev–Trinajstić information content (AvgIpc) is 0.713. The molecule has 0 unspecified atom stereocenters. The van der Waals surface area contributed by atoms with Gasteiger partial charge in [0.05, 0.1) is 17.1 Å². The maximum atomic E-state index is 2.44. The van der Waals surface area contributed by atoms with Crippen LogP contribution in [-0.2, 0) is 0 Å². The van der Waals surface area contributed by atoms with Crippen LogP contribution in [-0.4, -0.2) is 20.1 Å². The van der Waals surface area contributed by atoms with Gasteiger partial charge in [-0.05, 0) is 281 Å². The van der Waals surface area contributed by atoms with Crippen molar-refractivity contribution < 1.29 is 0 Å². The van der Waals surface area contributed by atoms with Crippen molar-refractivity contribution in [2.45, 2.75) is 76.2 Å². The lowest BCUT2D eigenvalue weighted by Crippen LogP contribution is -2.56. The number of fused-ring (bicyclic) bond motifs is 2. The SMILES string of the molecule is Cc1cc(B(c2ccccc2)c2ccccc2)c2ccc3c(C)cc(N(c4ccccc4)c4ccc5ccccc5c4)c4ccc1c2c34.Cc1ccc(N(c2ccc(C)cc2)c2ccc3ccc4c(B(c5c(C)cccc5C)c5c(C)cccc5C)ccc5ccc2c3c54)cc1.Cc1ccc(N(c2ccc3ccccc3c2)c2ccc3ccc4c(B(c5ccccc5C)c5ccccc5C)ccc5ccc2c3c54)cc1. The molecule has 0 aliphatic rings. The third kappa shape index (κ3) is 16.3. The molecule has 690 valence electrons. The third-order valence-electron chi connectivity index (χ3n) is 31.1. The minimum absolute atomic E-state index is 0.119. The smallest absolute Gasteiger partial charge is 0.243 e. The molecule has 3 nitrogen and oxygen atoms in total. The summed E-state index contributed by atoms with van der Waals surface area (Å²) in [5, 5.41) is 28.5. The Hall–Kier alpha value is -17.0. The van der Waals surface area contributed by atoms with Crippen LogP contribution in [0.3, 0.4) is 0 Å². The van der Waals surface area contributed by atoms with E-state index in [1.165, 1.54) is 246 Å². The molecule has 0 saturated carbocycles. The summed E-state index contributed by atoms with van der Waals surface area (Å²) in [4.78, 5) is 7.29. The first-order chi connectivity index (χ1) is 71.0. The van der Waals surface area contributed by atoms with Crippen LogP contribution in [0.4, 0.5) is 51.2 Å². The van der Waals surface area contributed by atoms with Crippen molar-refractivity contribution in [2.24, 2.45) is 0 Å². The molecule has 145 heavy (non-hydrogen) atoms. The van der Waals surface area contributed by atoms with Crippen molar-refractivity contribution in [3.8, 4) is 0 Å². The molecule has 26 rings (SSSR count). The number of aryl methyl sites for hydroxylation is 11. The van der Waals surface area contributed by atoms with Gasteiger partial charge in [0, 0.05) is 50.3 Å². The molecule has 0 N–H and O–H groups in total. The van der Waals surface area contributed by atoms with Crippen molar-refractivity contribution in [1.82, 2.24) is 0 Å². The molecule has 0 spiro atoms. The lowest BCUT2D eigenvalue weighted by molar-refractivity contribution is 1.28. The molecule has 0 saturated heterocycles. The molecule has 0 fully saturated rings. The molecular weight excluding hydrogens is 1740 g/mol. The highest BCUT2D eigenvalue weighted by Gasteiger charge is 2.34. The van der Waals surface area contributed by atoms with Gasteiger partial charge in [-0.2, -0.15) is 0 Å². The second kappa shape index (κ2) is 37.8. The van der Waals surface area contributed by atoms with E-state index in [0.29, 0.717) is 0 Å². The molecule has 0 radical (unpaired) electrons. The van der Waals surface area contributed by atoms with Gasteiger partial charge in [-0.25, -0.2) is 0 Å². The van der Waals surface area contributed by atoms with Gasteiger partial charge >= 0.3 is 0 Å². The largest absolute Gasteiger partial charge is 0.310 e. The minimum Gasteiger partial charge on any atom is -0.310 e. The van der Waals surface area contributed by atoms with Gasteiger partial charge in [-0.1, -0.05) is 475 Å². The first-order valence-corrected chi connectivity index (χ1v) is 51.1. The Kier molecular flexibility index (Phi) is 23.6. The zero-order valence-corrected chi connectivity index (χ0v) is 84.0. The zero-order valence-electron chi connectivity index (χ0n) is 84.0. The van der Waals surface area contributed by atoms with Crippen molar-refractivity contribution >= 4 is 239 Å². The summed E-state index contributed by atoms with van der Waals surface area (Å²) in [7, 11) is 0. The number of hydrogen-bond acceptors (Lipinski definition) is 3. The van der Waals surface area contributed by atoms with Crippen molar-refractivity contribution in [1.29, 1.82) is 0 Å². The van der Waals surface area contributed by atoms with Crippen LogP contribution < -0.4 is 63.9 Å². The van der Waals surface area contributed by atoms with Gasteiger partial charge in [0.2, 0.25) is 20.1 Å². The summed E-state index contributed by atoms with van der Waals surface area (Å²) in [6.45, 7) is 24.9. The number of nitrogens with zero attached hydrogens (tertiary/aromatic N) is 3. The lowest BCUT2D eigenvalue weighted by Gasteiger charge is -2.29. The average molecular weight is 1850 g/mol. The van der Waals surface area contributed by atoms with Crippen LogP contribution in [0.15, 0.2) is 467 Å². The summed E-state index contributed by atoms with van der Waals surface area (Å²) in [6.07, 6.45) is 0. The Morgan fingerprint density at radius 1 is 0.145 bits per heavy atom. The van der Waals surface area contributed by atoms with E-state index in [1.54, 1.807) is 0 Å². The molecule has 0 aliphatic heterocycles. The molecule has 26 aromatic rings. The normalized spacial score (nSPS) is 11.6. The monoisotopic (exact) mass is 1850 g/mol. The van der Waals surface area contributed by atoms with Crippen LogP contribution in [0.2, 0.25) is 0 Å². The van der Waals surface area contributed by atoms with Crippen molar-refractivity contribution in [3.63, 3.8) is 0 Å². The molecule has 26 aromatic carbocycles. The van der Waals surface area contributed by atoms with Gasteiger partial charge in [0.15, 0.2) is 0 Å². The molecule has 0 atom stereocenters. The predicted octanol–water partition coefficient (Wildman–Crippen LogP) is 31.4. The third-order valence-corrected chi connectivity index (χ3v) is 31.1. The summed E-state index contributed by atoms with van der Waals surface area (Å²) in [5.74, 6) is 0. The maximum Gasteiger partial charge on any atom is 0.243 e. The highest BCUT2D eigenvalue weighted by Crippen LogP contribution is 2.50. The fourth-order valence-electron chi connectivity index (χ4n) is 24.0. The van der Waals surface area contributed by atoms with E-state index in [-0.39, 0.29) is 20.1 Å². The van der Waals surface area contributed by atoms with E-state index >= 15 is 0 Å². The van der Waals surface area contributed by atoms with Crippen LogP contribution in [0, 0.1) is 76.2 Å². The standard InChI is InChI=1S/C47H36BN.C46H34BN.C46H40BN/c1-31-16-23-38(24-17-31)49(39-25-18-34-12-6-7-13-37(34)30-39)45-29-22-36-19-26-40-44(28-21-35-20-27-41(45)47(36)46(35)40)48(42-14-8-4-10-32(42)2)43-15-9-5-11-33(43)3;1-31-28-43(47(35-16-6-3-7-17-35)36-18-8-4-9-19-36)41-26-24-40-32(2)29-44(42-27-25-39(31)45(41)46(40)42)48(37-20-10-5-11-21-37)38-23-22-33-14-12-13-15-34(33)30-38;1-29-13-21-37(22-14-29)48(38-23-15-30(2)16-24-38)42-28-20-36-17-25-39-41(27-19-35-18-26-40(42)44(36)43(35)39)47(45-31(3)9-7-10-32(45)4)46-33(5)11-8-12-34(46)6/h4-30H,1-3H3;3-30H,1-2H3;7-28H,1-6H3. The molecule has 0 bridgehead atoms. The van der Waals surface area contributed by atoms with E-state index in [4.69, 9.17) is 0 Å². The van der Waals surface area contributed by atoms with E-state index in [2.05, 4.69) is 558 Å². The van der Waals surface area contributed by atoms with E-state index in [1.807, 2.05) is 0 Å². The second-order valence-corrected chi connectivity index (χ2v) is 40.2. The second-order valence-electron chi connectivity index (χ2n) is 40.2. The summed E-state index contributed by atoms with van der Waals surface area (Å²) >= 11 is 0. The van der Waals surface area contributed by atoms with E-state index in [0.717, 1.165) is 34.1 Å². The first kappa shape index (κ1) is 90.5. The van der Waals surface area contributed by atoms with Crippen LogP contribution in [0.5, 0.6) is 0 Å². The number of para-hydroxylation sites is 1. The molecule has 0 amide bonds. The number of hydrogen-bond donors (Lipinski definition) is 0. The zero-order chi connectivity index (χ0) is 98.4. The topological polar surface area (TPSA) is 9.72 Å². The number of rotatable bonds is 18. The van der Waals surface area contributed by atoms with Crippen molar-refractivity contribution in [2.75, 3.05) is 14.7 Å². The molecular formula is C139H110B3N3. The highest BCUT2D eigenvalue weighted by molar-refractivity contribution is 6.99. The van der Waals surface area contributed by atoms with Crippen LogP contribution in [0.25, 0.3) is 118 Å². The highest BCUT2D eigenvalue weighted by atomic mass is 15.2. The van der Waals surface area contributed by atoms with E-state index in [9.17, 15) is 0 Å². The van der Waals surface area contributed by atoms with Gasteiger partial charge in [-0.15, -0.1) is 0 Å². The Morgan fingerprint density at radius 3 is 0.876 bits per heavy atom. The van der Waals surface area contributed by atoms with Crippen LogP contribution in [0.1, 0.15) is 61.2 Å². The van der Waals surface area contributed by atoms with Gasteiger partial charge in [0.25, 0.3) is 0 Å². The van der Waals surface area contributed by atoms with Gasteiger partial charge in [0.1, 0.15) is 0 Å². The summed E-state index contributed by atoms with van der Waals surface area (Å²) in [6, 6.07) is 173. The maximum absolute atomic E-state index is 2.44. The lowest BCUT2D eigenvalue weighted by atomic mass is 9.33. The molecule has 0 aromatic heterocycles.